The van der Waals surface area contributed by atoms with Crippen LogP contribution in [-0.4, -0.2) is 38.8 Å². The predicted octanol–water partition coefficient (Wildman–Crippen LogP) is 2.74. The van der Waals surface area contributed by atoms with Crippen LogP contribution in [0.1, 0.15) is 22.3 Å². The lowest BCUT2D eigenvalue weighted by Gasteiger charge is -2.06. The van der Waals surface area contributed by atoms with Crippen LogP contribution in [0, 0.1) is 0 Å². The fraction of sp³-hybridized carbons (Fsp3) is 0.211. The minimum absolute atomic E-state index is 0.106. The van der Waals surface area contributed by atoms with E-state index < -0.39 is 0 Å². The normalized spacial score (nSPS) is 10.5. The second-order valence-corrected chi connectivity index (χ2v) is 6.33. The molecule has 8 heteroatoms. The molecule has 0 fully saturated rings. The number of halogens is 1. The van der Waals surface area contributed by atoms with Crippen molar-refractivity contribution in [1.82, 2.24) is 10.7 Å². The van der Waals surface area contributed by atoms with E-state index in [1.54, 1.807) is 44.6 Å². The summed E-state index contributed by atoms with van der Waals surface area (Å²) >= 11 is 3.37. The molecule has 0 aliphatic heterocycles. The van der Waals surface area contributed by atoms with Gasteiger partial charge in [-0.1, -0.05) is 15.9 Å². The zero-order valence-corrected chi connectivity index (χ0v) is 16.6. The molecule has 0 atom stereocenters. The fourth-order valence-electron chi connectivity index (χ4n) is 2.17. The van der Waals surface area contributed by atoms with E-state index in [4.69, 9.17) is 9.47 Å². The number of rotatable bonds is 8. The van der Waals surface area contributed by atoms with Crippen LogP contribution in [0.15, 0.2) is 52.0 Å². The number of carbonyl (C=O) groups is 2. The Morgan fingerprint density at radius 3 is 2.52 bits per heavy atom. The molecule has 0 heterocycles. The molecule has 142 valence electrons. The first-order valence-corrected chi connectivity index (χ1v) is 8.90. The van der Waals surface area contributed by atoms with Crippen LogP contribution in [-0.2, 0) is 4.79 Å². The number of nitrogens with zero attached hydrogens (tertiary/aromatic N) is 1. The number of amides is 2. The van der Waals surface area contributed by atoms with Gasteiger partial charge in [0.05, 0.1) is 20.4 Å². The largest absolute Gasteiger partial charge is 0.497 e. The minimum atomic E-state index is -0.310. The molecule has 0 aromatic heterocycles. The first-order valence-electron chi connectivity index (χ1n) is 8.11. The number of ether oxygens (including phenoxy) is 2. The van der Waals surface area contributed by atoms with E-state index in [-0.39, 0.29) is 24.8 Å². The minimum Gasteiger partial charge on any atom is -0.497 e. The van der Waals surface area contributed by atoms with E-state index >= 15 is 0 Å². The summed E-state index contributed by atoms with van der Waals surface area (Å²) in [4.78, 5) is 23.8. The quantitative estimate of drug-likeness (QED) is 0.494. The predicted molar refractivity (Wildman–Crippen MR) is 106 cm³/mol. The maximum atomic E-state index is 12.0. The smallest absolute Gasteiger partial charge is 0.251 e. The van der Waals surface area contributed by atoms with Crippen LogP contribution in [0.3, 0.4) is 0 Å². The Hall–Kier alpha value is -2.87. The van der Waals surface area contributed by atoms with Gasteiger partial charge in [-0.3, -0.25) is 9.59 Å². The molecule has 7 nitrogen and oxygen atoms in total. The highest BCUT2D eigenvalue weighted by molar-refractivity contribution is 9.10. The van der Waals surface area contributed by atoms with Crippen LogP contribution in [0.4, 0.5) is 0 Å². The van der Waals surface area contributed by atoms with E-state index in [9.17, 15) is 9.59 Å². The van der Waals surface area contributed by atoms with E-state index in [0.717, 1.165) is 10.0 Å². The number of benzene rings is 2. The molecule has 0 saturated heterocycles. The molecular formula is C19H20BrN3O4. The van der Waals surface area contributed by atoms with Crippen molar-refractivity contribution in [1.29, 1.82) is 0 Å². The van der Waals surface area contributed by atoms with Gasteiger partial charge in [0.2, 0.25) is 5.91 Å². The molecular weight excluding hydrogens is 414 g/mol. The van der Waals surface area contributed by atoms with Gasteiger partial charge in [0, 0.05) is 28.6 Å². The van der Waals surface area contributed by atoms with Crippen molar-refractivity contribution >= 4 is 34.0 Å². The fourth-order valence-corrected chi connectivity index (χ4v) is 2.55. The second-order valence-electron chi connectivity index (χ2n) is 5.41. The molecule has 2 rings (SSSR count). The van der Waals surface area contributed by atoms with Crippen LogP contribution in [0.2, 0.25) is 0 Å². The zero-order valence-electron chi connectivity index (χ0n) is 15.0. The SMILES string of the molecule is COc1ccc(C(=O)NCCC(=O)NN=Cc2cc(Br)ccc2OC)cc1. The summed E-state index contributed by atoms with van der Waals surface area (Å²) in [5, 5.41) is 6.60. The number of hydrogen-bond donors (Lipinski definition) is 2. The molecule has 0 aliphatic rings. The molecule has 0 radical (unpaired) electrons. The lowest BCUT2D eigenvalue weighted by atomic mass is 10.2. The maximum absolute atomic E-state index is 12.0. The van der Waals surface area contributed by atoms with Crippen LogP contribution in [0.25, 0.3) is 0 Å². The van der Waals surface area contributed by atoms with E-state index in [1.807, 2.05) is 12.1 Å². The monoisotopic (exact) mass is 433 g/mol. The van der Waals surface area contributed by atoms with Crippen molar-refractivity contribution in [3.8, 4) is 11.5 Å². The number of nitrogens with one attached hydrogen (secondary N) is 2. The van der Waals surface area contributed by atoms with Gasteiger partial charge in [-0.25, -0.2) is 5.43 Å². The Labute approximate surface area is 165 Å². The Balaban J connectivity index is 1.77. The van der Waals surface area contributed by atoms with Gasteiger partial charge < -0.3 is 14.8 Å². The van der Waals surface area contributed by atoms with Crippen LogP contribution < -0.4 is 20.2 Å². The zero-order chi connectivity index (χ0) is 19.6. The number of methoxy groups -OCH3 is 2. The average molecular weight is 434 g/mol. The lowest BCUT2D eigenvalue weighted by molar-refractivity contribution is -0.120. The van der Waals surface area contributed by atoms with Gasteiger partial charge in [-0.15, -0.1) is 0 Å². The summed E-state index contributed by atoms with van der Waals surface area (Å²) in [6, 6.07) is 12.2. The maximum Gasteiger partial charge on any atom is 0.251 e. The third kappa shape index (κ3) is 6.41. The highest BCUT2D eigenvalue weighted by Gasteiger charge is 2.07. The van der Waals surface area contributed by atoms with Crippen molar-refractivity contribution in [2.75, 3.05) is 20.8 Å². The van der Waals surface area contributed by atoms with Gasteiger partial charge in [0.25, 0.3) is 5.91 Å². The molecule has 0 unspecified atom stereocenters. The van der Waals surface area contributed by atoms with Crippen LogP contribution in [0.5, 0.6) is 11.5 Å². The summed E-state index contributed by atoms with van der Waals surface area (Å²) in [6.07, 6.45) is 1.60. The molecule has 2 amide bonds. The van der Waals surface area contributed by atoms with Crippen LogP contribution >= 0.6 is 15.9 Å². The second kappa shape index (κ2) is 10.3. The highest BCUT2D eigenvalue weighted by Crippen LogP contribution is 2.21. The Morgan fingerprint density at radius 1 is 1.11 bits per heavy atom. The van der Waals surface area contributed by atoms with Gasteiger partial charge >= 0.3 is 0 Å². The number of hydrazone groups is 1. The van der Waals surface area contributed by atoms with Crippen molar-refractivity contribution in [2.24, 2.45) is 5.10 Å². The summed E-state index contributed by atoms with van der Waals surface area (Å²) in [6.45, 7) is 0.201. The van der Waals surface area contributed by atoms with Crippen molar-refractivity contribution < 1.29 is 19.1 Å². The standard InChI is InChI=1S/C19H20BrN3O4/c1-26-16-6-3-13(4-7-16)19(25)21-10-9-18(24)23-22-12-14-11-15(20)5-8-17(14)27-2/h3-8,11-12H,9-10H2,1-2H3,(H,21,25)(H,23,24). The molecule has 0 spiro atoms. The molecule has 2 N–H and O–H groups in total. The Morgan fingerprint density at radius 2 is 1.85 bits per heavy atom. The summed E-state index contributed by atoms with van der Waals surface area (Å²) in [5.41, 5.74) is 3.64. The molecule has 2 aromatic rings. The van der Waals surface area contributed by atoms with Gasteiger partial charge in [-0.05, 0) is 42.5 Å². The molecule has 2 aromatic carbocycles. The van der Waals surface area contributed by atoms with Gasteiger partial charge in [0.15, 0.2) is 0 Å². The third-order valence-electron chi connectivity index (χ3n) is 3.57. The molecule has 27 heavy (non-hydrogen) atoms. The molecule has 0 bridgehead atoms. The third-order valence-corrected chi connectivity index (χ3v) is 4.07. The first kappa shape index (κ1) is 20.4. The van der Waals surface area contributed by atoms with E-state index in [1.165, 1.54) is 6.21 Å². The van der Waals surface area contributed by atoms with Gasteiger partial charge in [0.1, 0.15) is 11.5 Å². The first-order chi connectivity index (χ1) is 13.0. The highest BCUT2D eigenvalue weighted by atomic mass is 79.9. The van der Waals surface area contributed by atoms with Gasteiger partial charge in [-0.2, -0.15) is 5.10 Å². The number of carbonyl (C=O) groups excluding carboxylic acids is 2. The average Bonchev–Trinajstić information content (AvgIpc) is 2.68. The molecule has 0 aliphatic carbocycles. The lowest BCUT2D eigenvalue weighted by Crippen LogP contribution is -2.29. The summed E-state index contributed by atoms with van der Waals surface area (Å²) in [7, 11) is 3.12. The summed E-state index contributed by atoms with van der Waals surface area (Å²) < 4.78 is 11.1. The number of hydrogen-bond acceptors (Lipinski definition) is 5. The van der Waals surface area contributed by atoms with E-state index in [2.05, 4.69) is 31.8 Å². The van der Waals surface area contributed by atoms with Crippen molar-refractivity contribution in [2.45, 2.75) is 6.42 Å². The van der Waals surface area contributed by atoms with E-state index in [0.29, 0.717) is 17.1 Å². The topological polar surface area (TPSA) is 89.0 Å². The Bertz CT molecular complexity index is 822. The van der Waals surface area contributed by atoms with Crippen molar-refractivity contribution in [3.05, 3.63) is 58.1 Å². The molecule has 0 saturated carbocycles. The van der Waals surface area contributed by atoms with Crippen molar-refractivity contribution in [3.63, 3.8) is 0 Å². The Kier molecular flexibility index (Phi) is 7.81. The summed E-state index contributed by atoms with van der Waals surface area (Å²) in [5.74, 6) is 0.747.